The molecule has 0 radical (unpaired) electrons. The van der Waals surface area contributed by atoms with Crippen LogP contribution in [0.15, 0.2) is 18.2 Å². The summed E-state index contributed by atoms with van der Waals surface area (Å²) in [5.41, 5.74) is 1.29. The quantitative estimate of drug-likeness (QED) is 0.826. The van der Waals surface area contributed by atoms with E-state index >= 15 is 0 Å². The third-order valence-corrected chi connectivity index (χ3v) is 2.64. The fraction of sp³-hybridized carbons (Fsp3) is 0.429. The zero-order valence-electron chi connectivity index (χ0n) is 9.99. The van der Waals surface area contributed by atoms with Crippen LogP contribution in [0.3, 0.4) is 0 Å². The number of aliphatic hydroxyl groups excluding tert-OH is 1. The van der Waals surface area contributed by atoms with Gasteiger partial charge in [-0.3, -0.25) is 0 Å². The Morgan fingerprint density at radius 1 is 1.44 bits per heavy atom. The van der Waals surface area contributed by atoms with Crippen LogP contribution in [0.25, 0.3) is 0 Å². The Labute approximate surface area is 106 Å². The average molecular weight is 250 g/mol. The molecule has 0 bridgehead atoms. The zero-order chi connectivity index (χ0) is 12.8. The van der Waals surface area contributed by atoms with E-state index in [1.54, 1.807) is 6.07 Å². The second kappa shape index (κ2) is 6.50. The van der Waals surface area contributed by atoms with E-state index in [0.717, 1.165) is 18.6 Å². The lowest BCUT2D eigenvalue weighted by Crippen LogP contribution is -2.12. The summed E-state index contributed by atoms with van der Waals surface area (Å²) in [5.74, 6) is 4.83. The van der Waals surface area contributed by atoms with Crippen molar-refractivity contribution in [3.8, 4) is 11.8 Å². The Morgan fingerprint density at radius 2 is 2.33 bits per heavy atom. The fourth-order valence-electron chi connectivity index (χ4n) is 1.81. The van der Waals surface area contributed by atoms with Crippen LogP contribution in [0.5, 0.6) is 0 Å². The summed E-state index contributed by atoms with van der Waals surface area (Å²) in [4.78, 5) is 0. The zero-order valence-corrected chi connectivity index (χ0v) is 9.99. The molecular formula is C14H15FO3. The molecule has 1 heterocycles. The van der Waals surface area contributed by atoms with E-state index in [2.05, 4.69) is 11.8 Å². The van der Waals surface area contributed by atoms with E-state index in [4.69, 9.17) is 14.6 Å². The van der Waals surface area contributed by atoms with Crippen molar-refractivity contribution in [1.29, 1.82) is 0 Å². The van der Waals surface area contributed by atoms with Gasteiger partial charge in [-0.25, -0.2) is 4.39 Å². The number of rotatable bonds is 3. The molecule has 0 aliphatic carbocycles. The first-order valence-electron chi connectivity index (χ1n) is 5.86. The van der Waals surface area contributed by atoms with Crippen molar-refractivity contribution in [2.45, 2.75) is 19.1 Å². The normalized spacial score (nSPS) is 18.4. The van der Waals surface area contributed by atoms with Gasteiger partial charge in [0.05, 0.1) is 19.3 Å². The van der Waals surface area contributed by atoms with Gasteiger partial charge in [0.2, 0.25) is 0 Å². The molecule has 3 nitrogen and oxygen atoms in total. The van der Waals surface area contributed by atoms with Gasteiger partial charge in [-0.15, -0.1) is 0 Å². The number of aliphatic hydroxyl groups is 1. The van der Waals surface area contributed by atoms with Crippen LogP contribution in [0, 0.1) is 17.7 Å². The molecule has 1 fully saturated rings. The Balaban J connectivity index is 2.00. The molecule has 1 unspecified atom stereocenters. The number of hydrogen-bond donors (Lipinski definition) is 1. The highest BCUT2D eigenvalue weighted by atomic mass is 19.1. The van der Waals surface area contributed by atoms with Crippen molar-refractivity contribution >= 4 is 0 Å². The molecule has 0 spiro atoms. The molecule has 2 rings (SSSR count). The van der Waals surface area contributed by atoms with E-state index in [1.807, 2.05) is 0 Å². The Hall–Kier alpha value is -1.41. The van der Waals surface area contributed by atoms with Gasteiger partial charge in [0.25, 0.3) is 0 Å². The van der Waals surface area contributed by atoms with Crippen molar-refractivity contribution < 1.29 is 19.0 Å². The van der Waals surface area contributed by atoms with Gasteiger partial charge >= 0.3 is 0 Å². The summed E-state index contributed by atoms with van der Waals surface area (Å²) in [6.07, 6.45) is 0.979. The monoisotopic (exact) mass is 250 g/mol. The molecule has 0 aromatic heterocycles. The maximum absolute atomic E-state index is 13.3. The summed E-state index contributed by atoms with van der Waals surface area (Å²) in [6.45, 7) is 1.44. The summed E-state index contributed by atoms with van der Waals surface area (Å²) in [7, 11) is 0. The molecule has 0 saturated carbocycles. The summed E-state index contributed by atoms with van der Waals surface area (Å²) in [6, 6.07) is 4.53. The fourth-order valence-corrected chi connectivity index (χ4v) is 1.81. The van der Waals surface area contributed by atoms with E-state index < -0.39 is 0 Å². The minimum atomic E-state index is -0.346. The molecule has 1 atom stereocenters. The number of hydrogen-bond acceptors (Lipinski definition) is 3. The van der Waals surface area contributed by atoms with Crippen LogP contribution in [-0.2, 0) is 16.1 Å². The first-order valence-corrected chi connectivity index (χ1v) is 5.86. The average Bonchev–Trinajstić information content (AvgIpc) is 2.86. The highest BCUT2D eigenvalue weighted by molar-refractivity contribution is 5.37. The van der Waals surface area contributed by atoms with Crippen molar-refractivity contribution in [2.75, 3.05) is 19.8 Å². The predicted octanol–water partition coefficient (Wildman–Crippen LogP) is 1.47. The molecule has 4 heteroatoms. The molecular weight excluding hydrogens is 235 g/mol. The van der Waals surface area contributed by atoms with Gasteiger partial charge in [0.1, 0.15) is 12.4 Å². The van der Waals surface area contributed by atoms with E-state index in [-0.39, 0.29) is 18.5 Å². The smallest absolute Gasteiger partial charge is 0.124 e. The van der Waals surface area contributed by atoms with Gasteiger partial charge in [0, 0.05) is 12.2 Å². The minimum Gasteiger partial charge on any atom is -0.384 e. The van der Waals surface area contributed by atoms with Crippen molar-refractivity contribution in [3.63, 3.8) is 0 Å². The molecule has 1 aromatic carbocycles. The lowest BCUT2D eigenvalue weighted by molar-refractivity contribution is 0.0316. The molecule has 1 saturated heterocycles. The Morgan fingerprint density at radius 3 is 3.06 bits per heavy atom. The van der Waals surface area contributed by atoms with Crippen molar-refractivity contribution in [3.05, 3.63) is 35.1 Å². The number of halogens is 1. The second-order valence-corrected chi connectivity index (χ2v) is 4.10. The molecule has 18 heavy (non-hydrogen) atoms. The second-order valence-electron chi connectivity index (χ2n) is 4.10. The Kier molecular flexibility index (Phi) is 4.71. The molecule has 1 aromatic rings. The van der Waals surface area contributed by atoms with Crippen LogP contribution in [-0.4, -0.2) is 31.0 Å². The van der Waals surface area contributed by atoms with Crippen LogP contribution in [0.2, 0.25) is 0 Å². The minimum absolute atomic E-state index is 0.0974. The van der Waals surface area contributed by atoms with E-state index in [9.17, 15) is 4.39 Å². The maximum Gasteiger partial charge on any atom is 0.124 e. The third-order valence-electron chi connectivity index (χ3n) is 2.64. The first-order chi connectivity index (χ1) is 8.78. The van der Waals surface area contributed by atoms with Crippen LogP contribution in [0.1, 0.15) is 17.5 Å². The SMILES string of the molecule is OCC#Cc1cc(F)cc(COC2CCOC2)c1. The molecule has 0 amide bonds. The highest BCUT2D eigenvalue weighted by Crippen LogP contribution is 2.14. The predicted molar refractivity (Wildman–Crippen MR) is 64.4 cm³/mol. The Bertz CT molecular complexity index is 456. The molecule has 1 aliphatic rings. The van der Waals surface area contributed by atoms with Crippen LogP contribution in [0.4, 0.5) is 4.39 Å². The van der Waals surface area contributed by atoms with E-state index in [0.29, 0.717) is 18.8 Å². The largest absolute Gasteiger partial charge is 0.384 e. The first kappa shape index (κ1) is 13.0. The van der Waals surface area contributed by atoms with Gasteiger partial charge in [-0.1, -0.05) is 11.8 Å². The summed E-state index contributed by atoms with van der Waals surface area (Å²) >= 11 is 0. The van der Waals surface area contributed by atoms with Crippen molar-refractivity contribution in [2.24, 2.45) is 0 Å². The number of benzene rings is 1. The third kappa shape index (κ3) is 3.81. The maximum atomic E-state index is 13.3. The molecule has 96 valence electrons. The molecule has 1 aliphatic heterocycles. The highest BCUT2D eigenvalue weighted by Gasteiger charge is 2.15. The lowest BCUT2D eigenvalue weighted by atomic mass is 10.1. The number of ether oxygens (including phenoxy) is 2. The lowest BCUT2D eigenvalue weighted by Gasteiger charge is -2.10. The van der Waals surface area contributed by atoms with Gasteiger partial charge in [-0.2, -0.15) is 0 Å². The van der Waals surface area contributed by atoms with E-state index in [1.165, 1.54) is 12.1 Å². The van der Waals surface area contributed by atoms with Gasteiger partial charge in [-0.05, 0) is 30.2 Å². The van der Waals surface area contributed by atoms with Gasteiger partial charge < -0.3 is 14.6 Å². The van der Waals surface area contributed by atoms with Gasteiger partial charge in [0.15, 0.2) is 0 Å². The van der Waals surface area contributed by atoms with Crippen LogP contribution < -0.4 is 0 Å². The van der Waals surface area contributed by atoms with Crippen LogP contribution >= 0.6 is 0 Å². The topological polar surface area (TPSA) is 38.7 Å². The summed E-state index contributed by atoms with van der Waals surface area (Å²) in [5, 5.41) is 8.61. The molecule has 1 N–H and O–H groups in total. The summed E-state index contributed by atoms with van der Waals surface area (Å²) < 4.78 is 24.2. The standard InChI is InChI=1S/C14H15FO3/c15-13-7-11(2-1-4-16)6-12(8-13)9-18-14-3-5-17-10-14/h6-8,14,16H,3-5,9-10H2. The van der Waals surface area contributed by atoms with Crippen molar-refractivity contribution in [1.82, 2.24) is 0 Å².